The Labute approximate surface area is 52.7 Å². The zero-order valence-electron chi connectivity index (χ0n) is 5.98. The normalized spacial score (nSPS) is 9.38. The van der Waals surface area contributed by atoms with Crippen LogP contribution in [0.3, 0.4) is 0 Å². The molecule has 0 fully saturated rings. The van der Waals surface area contributed by atoms with Gasteiger partial charge in [-0.3, -0.25) is 0 Å². The predicted octanol–water partition coefficient (Wildman–Crippen LogP) is 1.76. The van der Waals surface area contributed by atoms with Crippen LogP contribution in [0.25, 0.3) is 0 Å². The van der Waals surface area contributed by atoms with Crippen molar-refractivity contribution in [3.63, 3.8) is 0 Å². The van der Waals surface area contributed by atoms with Crippen molar-refractivity contribution in [2.45, 2.75) is 39.3 Å². The minimum absolute atomic E-state index is 0.463. The maximum Gasteiger partial charge on any atom is 0.217 e. The van der Waals surface area contributed by atoms with Gasteiger partial charge in [0.1, 0.15) is 0 Å². The van der Waals surface area contributed by atoms with E-state index in [0.29, 0.717) is 6.85 Å². The van der Waals surface area contributed by atoms with Crippen LogP contribution in [-0.4, -0.2) is 6.85 Å². The monoisotopic (exact) mass is 113 g/mol. The highest BCUT2D eigenvalue weighted by Gasteiger charge is 2.02. The summed E-state index contributed by atoms with van der Waals surface area (Å²) < 4.78 is 0. The van der Waals surface area contributed by atoms with Gasteiger partial charge < -0.3 is 5.64 Å². The van der Waals surface area contributed by atoms with Crippen LogP contribution in [0.2, 0.25) is 12.6 Å². The smallest absolute Gasteiger partial charge is 0.217 e. The Hall–Kier alpha value is 0.0249. The molecule has 2 heteroatoms. The lowest BCUT2D eigenvalue weighted by Gasteiger charge is -2.00. The lowest BCUT2D eigenvalue weighted by Crippen LogP contribution is -2.23. The van der Waals surface area contributed by atoms with E-state index in [2.05, 4.69) is 13.8 Å². The second kappa shape index (κ2) is 5.17. The zero-order valence-corrected chi connectivity index (χ0v) is 5.98. The third-order valence-corrected chi connectivity index (χ3v) is 1.32. The summed E-state index contributed by atoms with van der Waals surface area (Å²) >= 11 is 0. The van der Waals surface area contributed by atoms with Gasteiger partial charge in [-0.05, 0) is 0 Å². The van der Waals surface area contributed by atoms with E-state index in [4.69, 9.17) is 5.64 Å². The van der Waals surface area contributed by atoms with Gasteiger partial charge in [0.05, 0.1) is 0 Å². The van der Waals surface area contributed by atoms with Crippen LogP contribution in [0.1, 0.15) is 26.7 Å². The van der Waals surface area contributed by atoms with Gasteiger partial charge >= 0.3 is 0 Å². The van der Waals surface area contributed by atoms with Gasteiger partial charge in [-0.15, -0.1) is 0 Å². The van der Waals surface area contributed by atoms with E-state index in [9.17, 15) is 0 Å². The maximum absolute atomic E-state index is 5.69. The van der Waals surface area contributed by atoms with Gasteiger partial charge in [0.25, 0.3) is 0 Å². The average molecular weight is 113 g/mol. The van der Waals surface area contributed by atoms with Crippen LogP contribution < -0.4 is 5.64 Å². The van der Waals surface area contributed by atoms with Crippen molar-refractivity contribution in [1.29, 1.82) is 0 Å². The van der Waals surface area contributed by atoms with Gasteiger partial charge in [-0.1, -0.05) is 39.3 Å². The Bertz CT molecular complexity index is 41.8. The van der Waals surface area contributed by atoms with Crippen LogP contribution in [0.4, 0.5) is 0 Å². The second-order valence-electron chi connectivity index (χ2n) is 2.34. The average Bonchev–Trinajstić information content (AvgIpc) is 1.68. The molecule has 0 saturated heterocycles. The topological polar surface area (TPSA) is 26.0 Å². The summed E-state index contributed by atoms with van der Waals surface area (Å²) in [4.78, 5) is 0. The van der Waals surface area contributed by atoms with E-state index >= 15 is 0 Å². The molecule has 0 aliphatic carbocycles. The molecule has 0 aliphatic heterocycles. The largest absolute Gasteiger partial charge is 0.370 e. The summed E-state index contributed by atoms with van der Waals surface area (Å²) in [5, 5.41) is 0. The molecule has 8 heavy (non-hydrogen) atoms. The molecule has 0 unspecified atom stereocenters. The van der Waals surface area contributed by atoms with Crippen molar-refractivity contribution in [1.82, 2.24) is 0 Å². The molecule has 0 atom stereocenters. The minimum atomic E-state index is 0.463. The molecule has 0 aromatic heterocycles. The lowest BCUT2D eigenvalue weighted by atomic mass is 9.57. The predicted molar refractivity (Wildman–Crippen MR) is 40.1 cm³/mol. The van der Waals surface area contributed by atoms with E-state index < -0.39 is 0 Å². The molecule has 0 saturated carbocycles. The summed E-state index contributed by atoms with van der Waals surface area (Å²) in [6.07, 6.45) is 4.82. The van der Waals surface area contributed by atoms with Crippen molar-refractivity contribution in [3.8, 4) is 0 Å². The molecule has 0 bridgehead atoms. The molecule has 0 radical (unpaired) electrons. The number of hydrogen-bond donors (Lipinski definition) is 1. The van der Waals surface area contributed by atoms with Crippen LogP contribution >= 0.6 is 0 Å². The Morgan fingerprint density at radius 2 is 1.50 bits per heavy atom. The molecule has 48 valence electrons. The van der Waals surface area contributed by atoms with Gasteiger partial charge in [0, 0.05) is 0 Å². The molecule has 0 rings (SSSR count). The van der Waals surface area contributed by atoms with Crippen molar-refractivity contribution >= 4 is 6.85 Å². The van der Waals surface area contributed by atoms with E-state index in [1.54, 1.807) is 0 Å². The number of nitrogens with two attached hydrogens (primary N) is 1. The van der Waals surface area contributed by atoms with Crippen molar-refractivity contribution in [2.24, 2.45) is 5.64 Å². The highest BCUT2D eigenvalue weighted by Crippen LogP contribution is 1.98. The van der Waals surface area contributed by atoms with Gasteiger partial charge in [0.15, 0.2) is 0 Å². The first kappa shape index (κ1) is 8.02. The summed E-state index contributed by atoms with van der Waals surface area (Å²) in [6, 6.07) is 0. The van der Waals surface area contributed by atoms with E-state index in [-0.39, 0.29) is 0 Å². The number of hydrogen-bond acceptors (Lipinski definition) is 1. The first-order valence-corrected chi connectivity index (χ1v) is 3.56. The molecule has 0 aliphatic rings. The Morgan fingerprint density at radius 1 is 1.12 bits per heavy atom. The van der Waals surface area contributed by atoms with Crippen LogP contribution in [-0.2, 0) is 0 Å². The zero-order chi connectivity index (χ0) is 6.41. The third-order valence-electron chi connectivity index (χ3n) is 1.32. The van der Waals surface area contributed by atoms with E-state index in [0.717, 1.165) is 0 Å². The molecule has 0 heterocycles. The first-order valence-electron chi connectivity index (χ1n) is 3.56. The molecular weight excluding hydrogens is 96.9 g/mol. The third kappa shape index (κ3) is 4.19. The fourth-order valence-corrected chi connectivity index (χ4v) is 0.886. The Balaban J connectivity index is 2.92. The van der Waals surface area contributed by atoms with Crippen LogP contribution in [0, 0.1) is 0 Å². The molecule has 0 aromatic rings. The molecule has 0 aromatic carbocycles. The first-order chi connectivity index (χ1) is 3.81. The van der Waals surface area contributed by atoms with Crippen molar-refractivity contribution in [2.75, 3.05) is 0 Å². The fourth-order valence-electron chi connectivity index (χ4n) is 0.886. The molecule has 1 nitrogen and oxygen atoms in total. The summed E-state index contributed by atoms with van der Waals surface area (Å²) in [5.74, 6) is 0. The highest BCUT2D eigenvalue weighted by atomic mass is 14.4. The van der Waals surface area contributed by atoms with Crippen molar-refractivity contribution in [3.05, 3.63) is 0 Å². The van der Waals surface area contributed by atoms with E-state index in [1.807, 2.05) is 0 Å². The lowest BCUT2D eigenvalue weighted by molar-refractivity contribution is 0.999. The van der Waals surface area contributed by atoms with Gasteiger partial charge in [0.2, 0.25) is 6.85 Å². The molecule has 0 spiro atoms. The quantitative estimate of drug-likeness (QED) is 0.552. The fraction of sp³-hybridized carbons (Fsp3) is 1.00. The number of rotatable bonds is 4. The molecule has 2 N–H and O–H groups in total. The SMILES string of the molecule is CCCB(N)CCC. The van der Waals surface area contributed by atoms with E-state index in [1.165, 1.54) is 25.5 Å². The maximum atomic E-state index is 5.69. The van der Waals surface area contributed by atoms with Crippen molar-refractivity contribution < 1.29 is 0 Å². The summed E-state index contributed by atoms with van der Waals surface area (Å²) in [7, 11) is 0. The Kier molecular flexibility index (Phi) is 5.18. The molecule has 0 amide bonds. The van der Waals surface area contributed by atoms with Crippen LogP contribution in [0.15, 0.2) is 0 Å². The summed E-state index contributed by atoms with van der Waals surface area (Å²) in [6.45, 7) is 4.82. The minimum Gasteiger partial charge on any atom is -0.370 e. The second-order valence-corrected chi connectivity index (χ2v) is 2.34. The molecular formula is C6H16BN. The standard InChI is InChI=1S/C6H16BN/c1-3-5-7(8)6-4-2/h3-6,8H2,1-2H3. The summed E-state index contributed by atoms with van der Waals surface area (Å²) in [5.41, 5.74) is 5.69. The van der Waals surface area contributed by atoms with Gasteiger partial charge in [-0.2, -0.15) is 0 Å². The van der Waals surface area contributed by atoms with Gasteiger partial charge in [-0.25, -0.2) is 0 Å². The Morgan fingerprint density at radius 3 is 1.75 bits per heavy atom. The highest BCUT2D eigenvalue weighted by molar-refractivity contribution is 6.55. The van der Waals surface area contributed by atoms with Crippen LogP contribution in [0.5, 0.6) is 0 Å².